The van der Waals surface area contributed by atoms with E-state index in [1.165, 1.54) is 21.1 Å². The van der Waals surface area contributed by atoms with Crippen molar-refractivity contribution in [2.24, 2.45) is 0 Å². The Morgan fingerprint density at radius 2 is 1.48 bits per heavy atom. The predicted molar refractivity (Wildman–Crippen MR) is 86.5 cm³/mol. The van der Waals surface area contributed by atoms with Crippen molar-refractivity contribution < 1.29 is 37.6 Å². The topological polar surface area (TPSA) is 93.7 Å². The quantitative estimate of drug-likeness (QED) is 0.180. The smallest absolute Gasteiger partial charge is 0.355 e. The Labute approximate surface area is 142 Å². The summed E-state index contributed by atoms with van der Waals surface area (Å²) in [7, 11) is 2.73. The van der Waals surface area contributed by atoms with Crippen molar-refractivity contribution >= 4 is 24.4 Å². The summed E-state index contributed by atoms with van der Waals surface area (Å²) in [6.07, 6.45) is 0. The molecule has 0 aliphatic heterocycles. The second kappa shape index (κ2) is 15.4. The summed E-state index contributed by atoms with van der Waals surface area (Å²) in [4.78, 5) is 15.1. The van der Waals surface area contributed by atoms with Crippen molar-refractivity contribution in [2.45, 2.75) is 6.92 Å². The first-order valence-electron chi connectivity index (χ1n) is 7.04. The zero-order valence-electron chi connectivity index (χ0n) is 13.8. The average Bonchev–Trinajstić information content (AvgIpc) is 2.52. The molecule has 0 aromatic carbocycles. The van der Waals surface area contributed by atoms with Crippen LogP contribution >= 0.6 is 6.72 Å². The summed E-state index contributed by atoms with van der Waals surface area (Å²) in [6, 6.07) is 0. The van der Waals surface area contributed by atoms with E-state index < -0.39 is 6.72 Å². The highest BCUT2D eigenvalue weighted by molar-refractivity contribution is 8.07. The molecule has 0 bridgehead atoms. The van der Waals surface area contributed by atoms with Crippen LogP contribution in [0.2, 0.25) is 0 Å². The Balaban J connectivity index is 3.27. The largest absolute Gasteiger partial charge is 0.377 e. The summed E-state index contributed by atoms with van der Waals surface area (Å²) in [5.74, 6) is -0.0688. The van der Waals surface area contributed by atoms with E-state index in [9.17, 15) is 4.79 Å². The van der Waals surface area contributed by atoms with Gasteiger partial charge in [-0.3, -0.25) is 4.79 Å². The molecule has 0 radical (unpaired) electrons. The first kappa shape index (κ1) is 22.8. The van der Waals surface area contributed by atoms with E-state index in [2.05, 4.69) is 10.2 Å². The van der Waals surface area contributed by atoms with E-state index >= 15 is 0 Å². The van der Waals surface area contributed by atoms with E-state index in [-0.39, 0.29) is 12.5 Å². The minimum atomic E-state index is -2.83. The normalized spacial score (nSPS) is 13.7. The highest BCUT2D eigenvalue weighted by Crippen LogP contribution is 2.48. The van der Waals surface area contributed by atoms with Gasteiger partial charge in [-0.1, -0.05) is 0 Å². The molecule has 138 valence electrons. The lowest BCUT2D eigenvalue weighted by Gasteiger charge is -2.17. The molecule has 0 aliphatic rings. The van der Waals surface area contributed by atoms with Gasteiger partial charge in [-0.05, 0) is 11.8 Å². The molecule has 23 heavy (non-hydrogen) atoms. The highest BCUT2D eigenvalue weighted by Gasteiger charge is 2.19. The monoisotopic (exact) mass is 375 g/mol. The number of carbonyl (C=O) groups is 1. The second-order valence-electron chi connectivity index (χ2n) is 4.02. The minimum absolute atomic E-state index is 0.0688. The fraction of sp³-hybridized carbons (Fsp3) is 0.917. The van der Waals surface area contributed by atoms with Gasteiger partial charge in [0.1, 0.15) is 0 Å². The van der Waals surface area contributed by atoms with Gasteiger partial charge in [-0.25, -0.2) is 4.89 Å². The van der Waals surface area contributed by atoms with Crippen LogP contribution in [-0.2, 0) is 49.4 Å². The van der Waals surface area contributed by atoms with Gasteiger partial charge in [-0.2, -0.15) is 0 Å². The Hall–Kier alpha value is -0.160. The van der Waals surface area contributed by atoms with Gasteiger partial charge in [-0.15, -0.1) is 4.67 Å². The van der Waals surface area contributed by atoms with Crippen LogP contribution in [0.25, 0.3) is 0 Å². The van der Waals surface area contributed by atoms with Crippen molar-refractivity contribution in [1.29, 1.82) is 0 Å². The molecule has 0 saturated heterocycles. The Morgan fingerprint density at radius 3 is 1.96 bits per heavy atom. The summed E-state index contributed by atoms with van der Waals surface area (Å²) in [5.41, 5.74) is 0. The van der Waals surface area contributed by atoms with Gasteiger partial charge in [0.2, 0.25) is 5.91 Å². The van der Waals surface area contributed by atoms with Crippen LogP contribution in [0.5, 0.6) is 0 Å². The Morgan fingerprint density at radius 1 is 0.957 bits per heavy atom. The molecule has 1 unspecified atom stereocenters. The predicted octanol–water partition coefficient (Wildman–Crippen LogP) is 0.638. The third-order valence-electron chi connectivity index (χ3n) is 2.23. The molecule has 0 aromatic heterocycles. The molecule has 0 aliphatic carbocycles. The van der Waals surface area contributed by atoms with E-state index in [0.29, 0.717) is 46.2 Å². The number of hydrogen-bond donors (Lipinski definition) is 1. The van der Waals surface area contributed by atoms with Crippen LogP contribution in [0.1, 0.15) is 6.92 Å². The molecule has 1 atom stereocenters. The van der Waals surface area contributed by atoms with Crippen LogP contribution in [0.4, 0.5) is 0 Å². The van der Waals surface area contributed by atoms with Crippen molar-refractivity contribution in [3.8, 4) is 0 Å². The second-order valence-corrected chi connectivity index (χ2v) is 7.03. The lowest BCUT2D eigenvalue weighted by atomic mass is 10.6. The third-order valence-corrected chi connectivity index (χ3v) is 4.45. The van der Waals surface area contributed by atoms with Gasteiger partial charge in [0, 0.05) is 20.6 Å². The highest BCUT2D eigenvalue weighted by atomic mass is 32.5. The van der Waals surface area contributed by atoms with E-state index in [0.717, 1.165) is 0 Å². The summed E-state index contributed by atoms with van der Waals surface area (Å²) in [6.45, 7) is 1.98. The van der Waals surface area contributed by atoms with Crippen LogP contribution in [0.3, 0.4) is 0 Å². The molecule has 0 saturated carbocycles. The molecule has 1 N–H and O–H groups in total. The molecule has 0 spiro atoms. The third kappa shape index (κ3) is 15.1. The fourth-order valence-electron chi connectivity index (χ4n) is 1.25. The standard InChI is InChI=1S/C12H26NO8PS/c1-12(14)13-4-5-17-6-7-18-8-9-19-10-11-20-22(23,16-3)21-15-2/h4-11H2,1-3H3,(H,13,14). The van der Waals surface area contributed by atoms with Crippen molar-refractivity contribution in [1.82, 2.24) is 5.32 Å². The lowest BCUT2D eigenvalue weighted by Crippen LogP contribution is -2.25. The van der Waals surface area contributed by atoms with Gasteiger partial charge >= 0.3 is 6.72 Å². The average molecular weight is 375 g/mol. The van der Waals surface area contributed by atoms with Crippen LogP contribution in [0, 0.1) is 0 Å². The van der Waals surface area contributed by atoms with Crippen molar-refractivity contribution in [2.75, 3.05) is 67.0 Å². The maximum absolute atomic E-state index is 10.6. The number of ether oxygens (including phenoxy) is 3. The first-order chi connectivity index (χ1) is 11.0. The summed E-state index contributed by atoms with van der Waals surface area (Å²) < 4.78 is 30.8. The molecular formula is C12H26NO8PS. The van der Waals surface area contributed by atoms with Crippen LogP contribution in [-0.4, -0.2) is 72.9 Å². The lowest BCUT2D eigenvalue weighted by molar-refractivity contribution is -0.190. The summed E-state index contributed by atoms with van der Waals surface area (Å²) >= 11 is 5.00. The zero-order valence-corrected chi connectivity index (χ0v) is 15.5. The van der Waals surface area contributed by atoms with Gasteiger partial charge in [0.25, 0.3) is 0 Å². The SMILES string of the molecule is COOP(=S)(OC)OCCOCCOCCOCCNC(C)=O. The van der Waals surface area contributed by atoms with Gasteiger partial charge < -0.3 is 28.6 Å². The van der Waals surface area contributed by atoms with E-state index in [1.807, 2.05) is 0 Å². The van der Waals surface area contributed by atoms with Gasteiger partial charge in [0.05, 0.1) is 53.4 Å². The molecular weight excluding hydrogens is 349 g/mol. The van der Waals surface area contributed by atoms with Crippen molar-refractivity contribution in [3.05, 3.63) is 0 Å². The van der Waals surface area contributed by atoms with E-state index in [4.69, 9.17) is 39.7 Å². The van der Waals surface area contributed by atoms with Crippen LogP contribution < -0.4 is 5.32 Å². The maximum Gasteiger partial charge on any atom is 0.355 e. The minimum Gasteiger partial charge on any atom is -0.377 e. The molecule has 9 nitrogen and oxygen atoms in total. The zero-order chi connectivity index (χ0) is 17.4. The fourth-order valence-corrected chi connectivity index (χ4v) is 2.34. The molecule has 0 fully saturated rings. The number of carbonyl (C=O) groups excluding carboxylic acids is 1. The first-order valence-corrected chi connectivity index (χ1v) is 9.60. The van der Waals surface area contributed by atoms with Crippen molar-refractivity contribution in [3.63, 3.8) is 0 Å². The molecule has 11 heteroatoms. The Bertz CT molecular complexity index is 347. The number of amides is 1. The summed E-state index contributed by atoms with van der Waals surface area (Å²) in [5, 5.41) is 2.63. The Kier molecular flexibility index (Phi) is 15.3. The number of rotatable bonds is 16. The molecule has 1 amide bonds. The molecule has 0 aromatic rings. The number of nitrogens with one attached hydrogen (secondary N) is 1. The van der Waals surface area contributed by atoms with E-state index in [1.54, 1.807) is 0 Å². The number of hydrogen-bond acceptors (Lipinski definition) is 9. The van der Waals surface area contributed by atoms with Crippen LogP contribution in [0.15, 0.2) is 0 Å². The van der Waals surface area contributed by atoms with Gasteiger partial charge in [0.15, 0.2) is 0 Å². The molecule has 0 rings (SSSR count). The molecule has 0 heterocycles. The maximum atomic E-state index is 10.6.